The maximum Gasteiger partial charge on any atom is 0.416 e. The van der Waals surface area contributed by atoms with Crippen LogP contribution in [0.2, 0.25) is 0 Å². The van der Waals surface area contributed by atoms with Crippen LogP contribution in [-0.4, -0.2) is 6.54 Å². The molecule has 0 bridgehead atoms. The second kappa shape index (κ2) is 10.8. The summed E-state index contributed by atoms with van der Waals surface area (Å²) in [6, 6.07) is 5.26. The van der Waals surface area contributed by atoms with Gasteiger partial charge in [0, 0.05) is 29.3 Å². The summed E-state index contributed by atoms with van der Waals surface area (Å²) < 4.78 is 41.1. The van der Waals surface area contributed by atoms with Gasteiger partial charge in [-0.2, -0.15) is 13.2 Å². The lowest BCUT2D eigenvalue weighted by atomic mass is 9.84. The maximum absolute atomic E-state index is 13.7. The van der Waals surface area contributed by atoms with Crippen molar-refractivity contribution in [1.82, 2.24) is 16.0 Å². The lowest BCUT2D eigenvalue weighted by Crippen LogP contribution is -2.31. The van der Waals surface area contributed by atoms with E-state index in [9.17, 15) is 13.2 Å². The van der Waals surface area contributed by atoms with Crippen LogP contribution in [-0.2, 0) is 6.18 Å². The predicted octanol–water partition coefficient (Wildman–Crippen LogP) is 6.70. The highest BCUT2D eigenvalue weighted by atomic mass is 19.4. The standard InChI is InChI=1S/C26H34F3N3/c1-4-14-30-18(2)15-19(3)31-21-16-24(20-10-6-5-7-11-20)32-25(17-21)22-12-8-9-13-23(22)26(27,28)29/h8-9,12-13,15-17,20,25,30-32H,3-7,10-11,14H2,1-2H3/b18-15-. The van der Waals surface area contributed by atoms with Crippen LogP contribution in [0.1, 0.15) is 69.5 Å². The molecule has 1 saturated carbocycles. The van der Waals surface area contributed by atoms with E-state index in [0.717, 1.165) is 61.8 Å². The Balaban J connectivity index is 1.89. The summed E-state index contributed by atoms with van der Waals surface area (Å²) in [5.41, 5.74) is 3.11. The van der Waals surface area contributed by atoms with Crippen molar-refractivity contribution in [3.05, 3.63) is 83.0 Å². The van der Waals surface area contributed by atoms with Crippen molar-refractivity contribution in [2.24, 2.45) is 5.92 Å². The van der Waals surface area contributed by atoms with E-state index < -0.39 is 17.8 Å². The molecule has 1 atom stereocenters. The van der Waals surface area contributed by atoms with Crippen molar-refractivity contribution in [2.75, 3.05) is 6.54 Å². The molecule has 1 aromatic rings. The molecule has 0 amide bonds. The van der Waals surface area contributed by atoms with E-state index in [0.29, 0.717) is 11.6 Å². The first-order valence-electron chi connectivity index (χ1n) is 11.5. The summed E-state index contributed by atoms with van der Waals surface area (Å²) in [5, 5.41) is 10.0. The fourth-order valence-electron chi connectivity index (χ4n) is 4.44. The number of dihydropyridines is 1. The zero-order chi connectivity index (χ0) is 23.1. The van der Waals surface area contributed by atoms with Gasteiger partial charge in [-0.1, -0.05) is 51.0 Å². The number of alkyl halides is 3. The van der Waals surface area contributed by atoms with Crippen LogP contribution in [0.5, 0.6) is 0 Å². The number of benzene rings is 1. The zero-order valence-corrected chi connectivity index (χ0v) is 19.0. The van der Waals surface area contributed by atoms with E-state index in [1.54, 1.807) is 12.1 Å². The Hall–Kier alpha value is -2.63. The lowest BCUT2D eigenvalue weighted by Gasteiger charge is -2.33. The van der Waals surface area contributed by atoms with E-state index in [-0.39, 0.29) is 5.56 Å². The van der Waals surface area contributed by atoms with E-state index in [2.05, 4.69) is 29.5 Å². The van der Waals surface area contributed by atoms with Gasteiger partial charge < -0.3 is 16.0 Å². The van der Waals surface area contributed by atoms with Crippen LogP contribution in [0.4, 0.5) is 13.2 Å². The van der Waals surface area contributed by atoms with Crippen LogP contribution in [0, 0.1) is 5.92 Å². The van der Waals surface area contributed by atoms with Gasteiger partial charge in [0.1, 0.15) is 0 Å². The van der Waals surface area contributed by atoms with Crippen molar-refractivity contribution < 1.29 is 13.2 Å². The van der Waals surface area contributed by atoms with Gasteiger partial charge in [0.2, 0.25) is 0 Å². The molecule has 32 heavy (non-hydrogen) atoms. The molecule has 174 valence electrons. The molecule has 1 heterocycles. The normalized spacial score (nSPS) is 20.2. The van der Waals surface area contributed by atoms with Crippen LogP contribution in [0.15, 0.2) is 71.9 Å². The number of nitrogens with one attached hydrogen (secondary N) is 3. The van der Waals surface area contributed by atoms with Crippen LogP contribution in [0.25, 0.3) is 0 Å². The molecule has 0 spiro atoms. The quantitative estimate of drug-likeness (QED) is 0.390. The molecule has 0 saturated heterocycles. The molecule has 1 unspecified atom stereocenters. The first-order chi connectivity index (χ1) is 15.3. The Morgan fingerprint density at radius 1 is 1.19 bits per heavy atom. The smallest absolute Gasteiger partial charge is 0.389 e. The summed E-state index contributed by atoms with van der Waals surface area (Å²) in [6.07, 6.45) is 8.04. The van der Waals surface area contributed by atoms with Crippen molar-refractivity contribution in [3.8, 4) is 0 Å². The SMILES string of the molecule is C=C(/C=C(/C)NCCC)NC1=CC(c2ccccc2C(F)(F)F)NC(C2CCCCC2)=C1. The van der Waals surface area contributed by atoms with Crippen molar-refractivity contribution >= 4 is 0 Å². The second-order valence-corrected chi connectivity index (χ2v) is 8.67. The molecule has 3 N–H and O–H groups in total. The average molecular weight is 446 g/mol. The van der Waals surface area contributed by atoms with Crippen molar-refractivity contribution in [2.45, 2.75) is 64.6 Å². The van der Waals surface area contributed by atoms with Gasteiger partial charge in [-0.15, -0.1) is 0 Å². The molecule has 2 aliphatic rings. The van der Waals surface area contributed by atoms with E-state index >= 15 is 0 Å². The third-order valence-electron chi connectivity index (χ3n) is 5.98. The highest BCUT2D eigenvalue weighted by Crippen LogP contribution is 2.38. The minimum Gasteiger partial charge on any atom is -0.389 e. The zero-order valence-electron chi connectivity index (χ0n) is 19.0. The first kappa shape index (κ1) is 24.0. The summed E-state index contributed by atoms with van der Waals surface area (Å²) in [6.45, 7) is 9.05. The van der Waals surface area contributed by atoms with Gasteiger partial charge in [0.25, 0.3) is 0 Å². The largest absolute Gasteiger partial charge is 0.416 e. The van der Waals surface area contributed by atoms with Gasteiger partial charge in [-0.05, 0) is 62.0 Å². The van der Waals surface area contributed by atoms with E-state index in [1.807, 2.05) is 25.2 Å². The molecular weight excluding hydrogens is 411 g/mol. The van der Waals surface area contributed by atoms with Gasteiger partial charge in [0.05, 0.1) is 11.6 Å². The van der Waals surface area contributed by atoms with Gasteiger partial charge in [-0.25, -0.2) is 0 Å². The highest BCUT2D eigenvalue weighted by molar-refractivity contribution is 5.42. The van der Waals surface area contributed by atoms with E-state index in [4.69, 9.17) is 0 Å². The van der Waals surface area contributed by atoms with Crippen molar-refractivity contribution in [1.29, 1.82) is 0 Å². The Kier molecular flexibility index (Phi) is 8.10. The first-order valence-corrected chi connectivity index (χ1v) is 11.5. The summed E-state index contributed by atoms with van der Waals surface area (Å²) in [7, 11) is 0. The molecule has 1 aliphatic carbocycles. The van der Waals surface area contributed by atoms with Gasteiger partial charge in [-0.3, -0.25) is 0 Å². The average Bonchev–Trinajstić information content (AvgIpc) is 2.77. The maximum atomic E-state index is 13.7. The summed E-state index contributed by atoms with van der Waals surface area (Å²) in [5.74, 6) is 0.339. The molecule has 6 heteroatoms. The second-order valence-electron chi connectivity index (χ2n) is 8.67. The summed E-state index contributed by atoms with van der Waals surface area (Å²) in [4.78, 5) is 0. The number of hydrogen-bond acceptors (Lipinski definition) is 3. The molecule has 1 aromatic carbocycles. The van der Waals surface area contributed by atoms with Gasteiger partial charge in [0.15, 0.2) is 0 Å². The minimum atomic E-state index is -4.40. The lowest BCUT2D eigenvalue weighted by molar-refractivity contribution is -0.138. The molecule has 1 fully saturated rings. The topological polar surface area (TPSA) is 36.1 Å². The van der Waals surface area contributed by atoms with Gasteiger partial charge >= 0.3 is 6.18 Å². The third kappa shape index (κ3) is 6.44. The minimum absolute atomic E-state index is 0.239. The highest BCUT2D eigenvalue weighted by Gasteiger charge is 2.35. The Morgan fingerprint density at radius 2 is 1.91 bits per heavy atom. The third-order valence-corrected chi connectivity index (χ3v) is 5.98. The fourth-order valence-corrected chi connectivity index (χ4v) is 4.44. The number of hydrogen-bond donors (Lipinski definition) is 3. The Morgan fingerprint density at radius 3 is 2.59 bits per heavy atom. The predicted molar refractivity (Wildman–Crippen MR) is 124 cm³/mol. The number of halogens is 3. The fraction of sp³-hybridized carbons (Fsp3) is 0.462. The van der Waals surface area contributed by atoms with Crippen LogP contribution in [0.3, 0.4) is 0 Å². The number of allylic oxidation sites excluding steroid dienone is 4. The molecule has 0 radical (unpaired) electrons. The molecule has 0 aromatic heterocycles. The Bertz CT molecular complexity index is 890. The molecular formula is C26H34F3N3. The molecule has 3 rings (SSSR count). The summed E-state index contributed by atoms with van der Waals surface area (Å²) >= 11 is 0. The van der Waals surface area contributed by atoms with Crippen LogP contribution >= 0.6 is 0 Å². The van der Waals surface area contributed by atoms with E-state index in [1.165, 1.54) is 12.5 Å². The van der Waals surface area contributed by atoms with Crippen LogP contribution < -0.4 is 16.0 Å². The van der Waals surface area contributed by atoms with Crippen molar-refractivity contribution in [3.63, 3.8) is 0 Å². The Labute approximate surface area is 189 Å². The molecule has 3 nitrogen and oxygen atoms in total. The number of rotatable bonds is 8. The molecule has 1 aliphatic heterocycles. The monoisotopic (exact) mass is 445 g/mol.